The zero-order valence-electron chi connectivity index (χ0n) is 12.3. The largest absolute Gasteiger partial charge is 0.328 e. The molecule has 2 N–H and O–H groups in total. The van der Waals surface area contributed by atoms with Gasteiger partial charge in [0.15, 0.2) is 0 Å². The number of nitrogens with zero attached hydrogens (tertiary/aromatic N) is 1. The molecule has 0 radical (unpaired) electrons. The Morgan fingerprint density at radius 1 is 1.33 bits per heavy atom. The first-order valence-corrected chi connectivity index (χ1v) is 8.93. The van der Waals surface area contributed by atoms with Crippen molar-refractivity contribution in [1.82, 2.24) is 14.6 Å². The zero-order valence-corrected chi connectivity index (χ0v) is 13.2. The van der Waals surface area contributed by atoms with Crippen molar-refractivity contribution in [2.24, 2.45) is 0 Å². The van der Waals surface area contributed by atoms with Crippen molar-refractivity contribution in [2.75, 3.05) is 19.6 Å². The van der Waals surface area contributed by atoms with Gasteiger partial charge in [-0.1, -0.05) is 13.3 Å². The van der Waals surface area contributed by atoms with Crippen LogP contribution in [0.3, 0.4) is 0 Å². The van der Waals surface area contributed by atoms with Crippen LogP contribution in [0.4, 0.5) is 0 Å². The summed E-state index contributed by atoms with van der Waals surface area (Å²) in [6, 6.07) is 2.53. The van der Waals surface area contributed by atoms with Crippen LogP contribution in [-0.2, 0) is 10.0 Å². The van der Waals surface area contributed by atoms with Crippen molar-refractivity contribution in [3.05, 3.63) is 28.7 Å². The quantitative estimate of drug-likeness (QED) is 0.818. The number of hydrogen-bond donors (Lipinski definition) is 2. The summed E-state index contributed by atoms with van der Waals surface area (Å²) in [5.74, 6) is 0. The fraction of sp³-hybridized carbons (Fsp3) is 0.643. The van der Waals surface area contributed by atoms with Gasteiger partial charge in [-0.3, -0.25) is 4.79 Å². The van der Waals surface area contributed by atoms with Gasteiger partial charge in [0.2, 0.25) is 15.6 Å². The number of H-pyrrole nitrogens is 1. The Hall–Kier alpha value is -1.18. The smallest absolute Gasteiger partial charge is 0.247 e. The first-order valence-electron chi connectivity index (χ1n) is 7.44. The van der Waals surface area contributed by atoms with Gasteiger partial charge >= 0.3 is 0 Å². The lowest BCUT2D eigenvalue weighted by Crippen LogP contribution is -2.44. The van der Waals surface area contributed by atoms with Crippen LogP contribution in [0.25, 0.3) is 0 Å². The van der Waals surface area contributed by atoms with Crippen molar-refractivity contribution in [2.45, 2.75) is 43.5 Å². The Kier molecular flexibility index (Phi) is 5.55. The summed E-state index contributed by atoms with van der Waals surface area (Å²) in [6.07, 6.45) is 5.26. The SMILES string of the molecule is CCCCN1CCC(NS(=O)(=O)c2ccc(=O)[nH]c2)CC1. The summed E-state index contributed by atoms with van der Waals surface area (Å²) in [5, 5.41) is 0. The number of likely N-dealkylation sites (tertiary alicyclic amines) is 1. The Labute approximate surface area is 125 Å². The van der Waals surface area contributed by atoms with E-state index in [1.54, 1.807) is 0 Å². The number of aromatic nitrogens is 1. The highest BCUT2D eigenvalue weighted by Crippen LogP contribution is 2.14. The van der Waals surface area contributed by atoms with Crippen molar-refractivity contribution < 1.29 is 8.42 Å². The minimum atomic E-state index is -3.55. The predicted molar refractivity (Wildman–Crippen MR) is 81.8 cm³/mol. The average molecular weight is 313 g/mol. The molecule has 1 fully saturated rings. The molecule has 0 spiro atoms. The minimum absolute atomic E-state index is 0.0280. The van der Waals surface area contributed by atoms with Gasteiger partial charge in [-0.25, -0.2) is 13.1 Å². The number of nitrogens with one attached hydrogen (secondary N) is 2. The molecule has 0 atom stereocenters. The average Bonchev–Trinajstić information content (AvgIpc) is 2.47. The summed E-state index contributed by atoms with van der Waals surface area (Å²) in [5.41, 5.74) is -0.307. The van der Waals surface area contributed by atoms with E-state index in [4.69, 9.17) is 0 Å². The number of hydrogen-bond acceptors (Lipinski definition) is 4. The van der Waals surface area contributed by atoms with Crippen LogP contribution in [-0.4, -0.2) is 44.0 Å². The maximum atomic E-state index is 12.2. The number of piperidine rings is 1. The lowest BCUT2D eigenvalue weighted by Gasteiger charge is -2.32. The third-order valence-corrected chi connectivity index (χ3v) is 5.32. The molecule has 1 aliphatic rings. The summed E-state index contributed by atoms with van der Waals surface area (Å²) in [6.45, 7) is 5.12. The second-order valence-corrected chi connectivity index (χ2v) is 7.19. The highest BCUT2D eigenvalue weighted by Gasteiger charge is 2.24. The molecule has 21 heavy (non-hydrogen) atoms. The lowest BCUT2D eigenvalue weighted by atomic mass is 10.1. The monoisotopic (exact) mass is 313 g/mol. The number of aromatic amines is 1. The first kappa shape index (κ1) is 16.2. The summed E-state index contributed by atoms with van der Waals surface area (Å²) in [4.78, 5) is 15.9. The number of rotatable bonds is 6. The standard InChI is InChI=1S/C14H23N3O3S/c1-2-3-8-17-9-6-12(7-10-17)16-21(19,20)13-4-5-14(18)15-11-13/h4-5,11-12,16H,2-3,6-10H2,1H3,(H,15,18). The summed E-state index contributed by atoms with van der Waals surface area (Å²) in [7, 11) is -3.55. The highest BCUT2D eigenvalue weighted by atomic mass is 32.2. The maximum absolute atomic E-state index is 12.2. The van der Waals surface area contributed by atoms with E-state index in [0.717, 1.165) is 32.5 Å². The molecular weight excluding hydrogens is 290 g/mol. The molecule has 6 nitrogen and oxygen atoms in total. The van der Waals surface area contributed by atoms with E-state index in [2.05, 4.69) is 21.5 Å². The zero-order chi connectivity index (χ0) is 15.3. The molecule has 1 aromatic heterocycles. The molecule has 2 heterocycles. The lowest BCUT2D eigenvalue weighted by molar-refractivity contribution is 0.205. The number of sulfonamides is 1. The second kappa shape index (κ2) is 7.20. The molecule has 7 heteroatoms. The van der Waals surface area contributed by atoms with Crippen molar-refractivity contribution in [3.8, 4) is 0 Å². The number of unbranched alkanes of at least 4 members (excludes halogenated alkanes) is 1. The maximum Gasteiger partial charge on any atom is 0.247 e. The Morgan fingerprint density at radius 3 is 2.62 bits per heavy atom. The number of pyridine rings is 1. The van der Waals surface area contributed by atoms with Crippen LogP contribution in [0.1, 0.15) is 32.6 Å². The van der Waals surface area contributed by atoms with Crippen LogP contribution >= 0.6 is 0 Å². The topological polar surface area (TPSA) is 82.3 Å². The van der Waals surface area contributed by atoms with Crippen molar-refractivity contribution in [1.29, 1.82) is 0 Å². The van der Waals surface area contributed by atoms with E-state index < -0.39 is 10.0 Å². The third-order valence-electron chi connectivity index (χ3n) is 3.80. The fourth-order valence-electron chi connectivity index (χ4n) is 2.51. The van der Waals surface area contributed by atoms with E-state index in [9.17, 15) is 13.2 Å². The van der Waals surface area contributed by atoms with Gasteiger partial charge in [-0.05, 0) is 45.0 Å². The van der Waals surface area contributed by atoms with Gasteiger partial charge < -0.3 is 9.88 Å². The van der Waals surface area contributed by atoms with Crippen LogP contribution in [0, 0.1) is 0 Å². The summed E-state index contributed by atoms with van der Waals surface area (Å²) < 4.78 is 27.2. The second-order valence-electron chi connectivity index (χ2n) is 5.48. The Bertz CT molecular complexity index is 584. The van der Waals surface area contributed by atoms with Gasteiger partial charge in [0.1, 0.15) is 0 Å². The van der Waals surface area contributed by atoms with Gasteiger partial charge in [-0.15, -0.1) is 0 Å². The minimum Gasteiger partial charge on any atom is -0.328 e. The molecule has 0 unspecified atom stereocenters. The molecule has 1 aromatic rings. The van der Waals surface area contributed by atoms with Crippen LogP contribution < -0.4 is 10.3 Å². The molecule has 0 aliphatic carbocycles. The third kappa shape index (κ3) is 4.66. The molecule has 1 aliphatic heterocycles. The molecule has 0 bridgehead atoms. The van der Waals surface area contributed by atoms with E-state index in [1.165, 1.54) is 31.2 Å². The van der Waals surface area contributed by atoms with Gasteiger partial charge in [-0.2, -0.15) is 0 Å². The molecule has 0 amide bonds. The van der Waals surface area contributed by atoms with Crippen LogP contribution in [0.15, 0.2) is 28.0 Å². The van der Waals surface area contributed by atoms with Crippen molar-refractivity contribution >= 4 is 10.0 Å². The molecule has 0 aromatic carbocycles. The Balaban J connectivity index is 1.90. The van der Waals surface area contributed by atoms with E-state index in [0.29, 0.717) is 0 Å². The Morgan fingerprint density at radius 2 is 2.05 bits per heavy atom. The van der Waals surface area contributed by atoms with Gasteiger partial charge in [0.05, 0.1) is 4.90 Å². The van der Waals surface area contributed by atoms with E-state index >= 15 is 0 Å². The molecule has 118 valence electrons. The van der Waals surface area contributed by atoms with Crippen LogP contribution in [0.5, 0.6) is 0 Å². The van der Waals surface area contributed by atoms with Crippen molar-refractivity contribution in [3.63, 3.8) is 0 Å². The molecule has 2 rings (SSSR count). The fourth-order valence-corrected chi connectivity index (χ4v) is 3.78. The summed E-state index contributed by atoms with van der Waals surface area (Å²) >= 11 is 0. The molecule has 0 saturated carbocycles. The van der Waals surface area contributed by atoms with Gasteiger partial charge in [0, 0.05) is 18.3 Å². The predicted octanol–water partition coefficient (Wildman–Crippen LogP) is 0.918. The molecular formula is C14H23N3O3S. The van der Waals surface area contributed by atoms with E-state index in [-0.39, 0.29) is 16.5 Å². The van der Waals surface area contributed by atoms with Gasteiger partial charge in [0.25, 0.3) is 0 Å². The first-order chi connectivity index (χ1) is 10.0. The van der Waals surface area contributed by atoms with Crippen LogP contribution in [0.2, 0.25) is 0 Å². The molecule has 1 saturated heterocycles. The highest BCUT2D eigenvalue weighted by molar-refractivity contribution is 7.89. The normalized spacial score (nSPS) is 18.0. The van der Waals surface area contributed by atoms with E-state index in [1.807, 2.05) is 0 Å².